The number of hydrogen-bond donors (Lipinski definition) is 0. The summed E-state index contributed by atoms with van der Waals surface area (Å²) in [5.74, 6) is 0. The Labute approximate surface area is 190 Å². The van der Waals surface area contributed by atoms with Gasteiger partial charge in [0, 0.05) is 25.0 Å². The molecule has 0 amide bonds. The van der Waals surface area contributed by atoms with Gasteiger partial charge >= 0.3 is 0 Å². The molecule has 0 aromatic heterocycles. The molecule has 1 heterocycles. The zero-order chi connectivity index (χ0) is 21.9. The lowest BCUT2D eigenvalue weighted by atomic mass is 10.0. The zero-order valence-electron chi connectivity index (χ0n) is 21.3. The molecule has 2 heteroatoms. The molecule has 0 spiro atoms. The average molecular weight is 421 g/mol. The van der Waals surface area contributed by atoms with Crippen LogP contribution >= 0.6 is 0 Å². The second-order valence-corrected chi connectivity index (χ2v) is 10.0. The fourth-order valence-corrected chi connectivity index (χ4v) is 4.90. The number of nitrogens with zero attached hydrogens (tertiary/aromatic N) is 2. The lowest BCUT2D eigenvalue weighted by Crippen LogP contribution is -2.42. The van der Waals surface area contributed by atoms with Crippen LogP contribution in [0.1, 0.15) is 150 Å². The maximum absolute atomic E-state index is 2.56. The van der Waals surface area contributed by atoms with Crippen LogP contribution in [0.4, 0.5) is 0 Å². The minimum atomic E-state index is 0.610. The normalized spacial score (nSPS) is 16.4. The molecule has 1 rings (SSSR count). The molecule has 0 N–H and O–H groups in total. The van der Waals surface area contributed by atoms with Crippen molar-refractivity contribution in [3.63, 3.8) is 0 Å². The third-order valence-corrected chi connectivity index (χ3v) is 6.80. The van der Waals surface area contributed by atoms with Crippen molar-refractivity contribution >= 4 is 0 Å². The van der Waals surface area contributed by atoms with E-state index in [0.29, 0.717) is 12.2 Å². The molecule has 0 aromatic carbocycles. The summed E-state index contributed by atoms with van der Waals surface area (Å²) in [6, 6.07) is 0.610. The summed E-state index contributed by atoms with van der Waals surface area (Å²) in [6.45, 7) is 10.4. The highest BCUT2D eigenvalue weighted by Gasteiger charge is 2.26. The molecule has 0 aliphatic carbocycles. The maximum atomic E-state index is 2.56. The SMILES string of the molecule is CCCCCCCCCCCCCCCCCCCC1N(CCC)C=CN1C(C)C. The third-order valence-electron chi connectivity index (χ3n) is 6.80. The van der Waals surface area contributed by atoms with Crippen LogP contribution in [-0.2, 0) is 0 Å². The van der Waals surface area contributed by atoms with E-state index < -0.39 is 0 Å². The first-order valence-corrected chi connectivity index (χ1v) is 13.9. The summed E-state index contributed by atoms with van der Waals surface area (Å²) < 4.78 is 0. The molecule has 2 nitrogen and oxygen atoms in total. The number of rotatable bonds is 21. The summed E-state index contributed by atoms with van der Waals surface area (Å²) >= 11 is 0. The van der Waals surface area contributed by atoms with E-state index in [9.17, 15) is 0 Å². The molecule has 30 heavy (non-hydrogen) atoms. The van der Waals surface area contributed by atoms with Crippen LogP contribution in [-0.4, -0.2) is 28.6 Å². The molecular weight excluding hydrogens is 364 g/mol. The minimum Gasteiger partial charge on any atom is -0.356 e. The molecule has 1 atom stereocenters. The molecule has 178 valence electrons. The standard InChI is InChI=1S/C28H56N2/c1-5-7-8-9-10-11-12-13-14-15-16-17-18-19-20-21-22-23-28-29(24-6-2)25-26-30(28)27(3)4/h25-28H,5-24H2,1-4H3. The number of hydrogen-bond acceptors (Lipinski definition) is 2. The van der Waals surface area contributed by atoms with E-state index in [2.05, 4.69) is 49.9 Å². The van der Waals surface area contributed by atoms with Crippen LogP contribution in [0, 0.1) is 0 Å². The second-order valence-electron chi connectivity index (χ2n) is 10.0. The van der Waals surface area contributed by atoms with Gasteiger partial charge in [-0.15, -0.1) is 0 Å². The lowest BCUT2D eigenvalue weighted by molar-refractivity contribution is 0.115. The van der Waals surface area contributed by atoms with Gasteiger partial charge in [-0.25, -0.2) is 0 Å². The van der Waals surface area contributed by atoms with Gasteiger partial charge in [-0.3, -0.25) is 0 Å². The van der Waals surface area contributed by atoms with Crippen LogP contribution in [0.25, 0.3) is 0 Å². The molecule has 1 unspecified atom stereocenters. The lowest BCUT2D eigenvalue weighted by Gasteiger charge is -2.35. The molecule has 0 fully saturated rings. The smallest absolute Gasteiger partial charge is 0.101 e. The second kappa shape index (κ2) is 19.1. The van der Waals surface area contributed by atoms with Crippen LogP contribution in [0.5, 0.6) is 0 Å². The Bertz CT molecular complexity index is 390. The summed E-state index contributed by atoms with van der Waals surface area (Å²) in [5.41, 5.74) is 0. The van der Waals surface area contributed by atoms with Gasteiger partial charge in [-0.1, -0.05) is 117 Å². The maximum Gasteiger partial charge on any atom is 0.101 e. The van der Waals surface area contributed by atoms with Gasteiger partial charge in [0.2, 0.25) is 0 Å². The van der Waals surface area contributed by atoms with Gasteiger partial charge in [0.1, 0.15) is 6.17 Å². The van der Waals surface area contributed by atoms with Gasteiger partial charge in [0.15, 0.2) is 0 Å². The van der Waals surface area contributed by atoms with Crippen LogP contribution in [0.3, 0.4) is 0 Å². The molecule has 0 saturated carbocycles. The van der Waals surface area contributed by atoms with Gasteiger partial charge in [-0.05, 0) is 33.1 Å². The third kappa shape index (κ3) is 12.9. The minimum absolute atomic E-state index is 0.610. The Morgan fingerprint density at radius 2 is 1.00 bits per heavy atom. The van der Waals surface area contributed by atoms with Crippen LogP contribution in [0.2, 0.25) is 0 Å². The Morgan fingerprint density at radius 3 is 1.40 bits per heavy atom. The van der Waals surface area contributed by atoms with Crippen molar-refractivity contribution in [2.45, 2.75) is 162 Å². The van der Waals surface area contributed by atoms with E-state index in [-0.39, 0.29) is 0 Å². The van der Waals surface area contributed by atoms with E-state index in [4.69, 9.17) is 0 Å². The molecule has 1 aliphatic heterocycles. The largest absolute Gasteiger partial charge is 0.356 e. The summed E-state index contributed by atoms with van der Waals surface area (Å²) in [7, 11) is 0. The monoisotopic (exact) mass is 420 g/mol. The van der Waals surface area contributed by atoms with E-state index in [1.165, 1.54) is 129 Å². The highest BCUT2D eigenvalue weighted by molar-refractivity contribution is 4.98. The van der Waals surface area contributed by atoms with E-state index in [0.717, 1.165) is 0 Å². The fourth-order valence-electron chi connectivity index (χ4n) is 4.90. The van der Waals surface area contributed by atoms with E-state index >= 15 is 0 Å². The molecular formula is C28H56N2. The Kier molecular flexibility index (Phi) is 17.4. The summed E-state index contributed by atoms with van der Waals surface area (Å²) in [6.07, 6.45) is 32.5. The topological polar surface area (TPSA) is 6.48 Å². The van der Waals surface area contributed by atoms with Crippen molar-refractivity contribution < 1.29 is 0 Å². The van der Waals surface area contributed by atoms with Gasteiger partial charge in [0.05, 0.1) is 0 Å². The van der Waals surface area contributed by atoms with Gasteiger partial charge in [-0.2, -0.15) is 0 Å². The van der Waals surface area contributed by atoms with Gasteiger partial charge < -0.3 is 9.80 Å². The van der Waals surface area contributed by atoms with E-state index in [1.807, 2.05) is 0 Å². The summed E-state index contributed by atoms with van der Waals surface area (Å²) in [5, 5.41) is 0. The zero-order valence-corrected chi connectivity index (χ0v) is 21.3. The van der Waals surface area contributed by atoms with E-state index in [1.54, 1.807) is 0 Å². The fraction of sp³-hybridized carbons (Fsp3) is 0.929. The highest BCUT2D eigenvalue weighted by atomic mass is 15.4. The predicted octanol–water partition coefficient (Wildman–Crippen LogP) is 9.26. The Morgan fingerprint density at radius 1 is 0.567 bits per heavy atom. The van der Waals surface area contributed by atoms with Crippen molar-refractivity contribution in [3.8, 4) is 0 Å². The molecule has 1 aliphatic rings. The average Bonchev–Trinajstić information content (AvgIpc) is 3.13. The van der Waals surface area contributed by atoms with Crippen molar-refractivity contribution in [2.24, 2.45) is 0 Å². The van der Waals surface area contributed by atoms with Crippen molar-refractivity contribution in [2.75, 3.05) is 6.54 Å². The van der Waals surface area contributed by atoms with Gasteiger partial charge in [0.25, 0.3) is 0 Å². The van der Waals surface area contributed by atoms with Crippen molar-refractivity contribution in [3.05, 3.63) is 12.4 Å². The number of unbranched alkanes of at least 4 members (excludes halogenated alkanes) is 16. The molecule has 0 saturated heterocycles. The first-order valence-electron chi connectivity index (χ1n) is 13.9. The van der Waals surface area contributed by atoms with Crippen LogP contribution in [0.15, 0.2) is 12.4 Å². The van der Waals surface area contributed by atoms with Crippen molar-refractivity contribution in [1.29, 1.82) is 0 Å². The highest BCUT2D eigenvalue weighted by Crippen LogP contribution is 2.24. The quantitative estimate of drug-likeness (QED) is 0.171. The van der Waals surface area contributed by atoms with Crippen LogP contribution < -0.4 is 0 Å². The summed E-state index contributed by atoms with van der Waals surface area (Å²) in [4.78, 5) is 5.12. The predicted molar refractivity (Wildman–Crippen MR) is 136 cm³/mol. The first kappa shape index (κ1) is 27.4. The molecule has 0 radical (unpaired) electrons. The first-order chi connectivity index (χ1) is 14.7. The molecule has 0 aromatic rings. The molecule has 0 bridgehead atoms. The van der Waals surface area contributed by atoms with Crippen molar-refractivity contribution in [1.82, 2.24) is 9.80 Å². The Balaban J connectivity index is 1.87. The Hall–Kier alpha value is -0.660.